The molecular formula is C33H38FN7O5. The van der Waals surface area contributed by atoms with Crippen LogP contribution >= 0.6 is 0 Å². The highest BCUT2D eigenvalue weighted by molar-refractivity contribution is 6.07. The number of pyridine rings is 1. The lowest BCUT2D eigenvalue weighted by atomic mass is 10.1. The van der Waals surface area contributed by atoms with E-state index >= 15 is 0 Å². The minimum atomic E-state index is -0.878. The molecular weight excluding hydrogens is 593 g/mol. The second kappa shape index (κ2) is 15.6. The molecule has 2 aromatic heterocycles. The van der Waals surface area contributed by atoms with Crippen molar-refractivity contribution in [2.45, 2.75) is 46.1 Å². The quantitative estimate of drug-likeness (QED) is 0.0840. The first-order valence-corrected chi connectivity index (χ1v) is 15.0. The number of fused-ring (bicyclic) bond motifs is 1. The van der Waals surface area contributed by atoms with E-state index in [1.165, 1.54) is 17.0 Å². The number of nitrogens with one attached hydrogen (secondary N) is 1. The number of imidazole rings is 1. The largest absolute Gasteiger partial charge is 0.466 e. The van der Waals surface area contributed by atoms with Gasteiger partial charge in [-0.05, 0) is 68.8 Å². The first kappa shape index (κ1) is 33.6. The van der Waals surface area contributed by atoms with E-state index in [0.29, 0.717) is 34.8 Å². The smallest absolute Gasteiger partial charge is 0.435 e. The number of nitrogens with two attached hydrogens (primary N) is 1. The molecule has 0 saturated heterocycles. The standard InChI is InChI=1S/C33H38FN7O5/c1-5-7-18-46-33(44)39-30(35)24-20-23(12-13-25(24)34)37-21(3)31-38-26-19-22(11-14-27(26)40(31)4)32(43)41(17-15-29(42)45-6-2)28-10-8-9-16-36-28/h8-14,16,19-21,37H,5-7,15,17-18H2,1-4H3,(H2,35,39,44). The molecule has 0 aliphatic carbocycles. The average Bonchev–Trinajstić information content (AvgIpc) is 3.38. The molecule has 1 atom stereocenters. The van der Waals surface area contributed by atoms with Gasteiger partial charge in [0.05, 0.1) is 42.3 Å². The molecule has 0 radical (unpaired) electrons. The number of carbonyl (C=O) groups excluding carboxylic acids is 3. The van der Waals surface area contributed by atoms with Crippen molar-refractivity contribution in [2.24, 2.45) is 17.8 Å². The maximum atomic E-state index is 14.6. The van der Waals surface area contributed by atoms with Crippen molar-refractivity contribution >= 4 is 46.3 Å². The molecule has 12 nitrogen and oxygen atoms in total. The van der Waals surface area contributed by atoms with E-state index in [9.17, 15) is 18.8 Å². The Labute approximate surface area is 266 Å². The zero-order valence-electron chi connectivity index (χ0n) is 26.3. The van der Waals surface area contributed by atoms with Crippen molar-refractivity contribution in [3.8, 4) is 0 Å². The van der Waals surface area contributed by atoms with Crippen molar-refractivity contribution < 1.29 is 28.2 Å². The molecule has 46 heavy (non-hydrogen) atoms. The minimum Gasteiger partial charge on any atom is -0.466 e. The number of carbonyl (C=O) groups is 3. The lowest BCUT2D eigenvalue weighted by molar-refractivity contribution is -0.142. The Morgan fingerprint density at radius 1 is 1.11 bits per heavy atom. The van der Waals surface area contributed by atoms with Crippen molar-refractivity contribution in [3.05, 3.63) is 83.6 Å². The highest BCUT2D eigenvalue weighted by Gasteiger charge is 2.22. The Bertz CT molecular complexity index is 1720. The number of halogens is 1. The number of anilines is 2. The van der Waals surface area contributed by atoms with E-state index in [-0.39, 0.29) is 49.5 Å². The number of aliphatic imine (C=N–C) groups is 1. The zero-order chi connectivity index (χ0) is 33.2. The Kier molecular flexibility index (Phi) is 11.4. The summed E-state index contributed by atoms with van der Waals surface area (Å²) in [6.45, 7) is 6.13. The van der Waals surface area contributed by atoms with Crippen molar-refractivity contribution in [1.82, 2.24) is 14.5 Å². The van der Waals surface area contributed by atoms with Gasteiger partial charge >= 0.3 is 12.1 Å². The van der Waals surface area contributed by atoms with Gasteiger partial charge in [0, 0.05) is 31.0 Å². The fourth-order valence-electron chi connectivity index (χ4n) is 4.78. The summed E-state index contributed by atoms with van der Waals surface area (Å²) in [5.41, 5.74) is 8.16. The Hall–Kier alpha value is -5.33. The summed E-state index contributed by atoms with van der Waals surface area (Å²) in [6.07, 6.45) is 2.25. The predicted molar refractivity (Wildman–Crippen MR) is 173 cm³/mol. The molecule has 4 aromatic rings. The van der Waals surface area contributed by atoms with Gasteiger partial charge in [-0.15, -0.1) is 0 Å². The van der Waals surface area contributed by atoms with Crippen LogP contribution in [0.3, 0.4) is 0 Å². The number of hydrogen-bond donors (Lipinski definition) is 2. The van der Waals surface area contributed by atoms with Crippen molar-refractivity contribution in [3.63, 3.8) is 0 Å². The monoisotopic (exact) mass is 631 g/mol. The number of nitrogens with zero attached hydrogens (tertiary/aromatic N) is 5. The number of rotatable bonds is 13. The van der Waals surface area contributed by atoms with Crippen LogP contribution in [0.1, 0.15) is 67.8 Å². The number of aryl methyl sites for hydroxylation is 1. The minimum absolute atomic E-state index is 0.0148. The second-order valence-electron chi connectivity index (χ2n) is 10.5. The van der Waals surface area contributed by atoms with Gasteiger partial charge in [0.2, 0.25) is 0 Å². The van der Waals surface area contributed by atoms with Gasteiger partial charge in [-0.3, -0.25) is 14.5 Å². The number of unbranched alkanes of at least 4 members (excludes halogenated alkanes) is 1. The summed E-state index contributed by atoms with van der Waals surface area (Å²) in [7, 11) is 1.86. The van der Waals surface area contributed by atoms with Gasteiger partial charge in [-0.1, -0.05) is 19.4 Å². The normalized spacial score (nSPS) is 12.1. The molecule has 0 aliphatic rings. The maximum absolute atomic E-state index is 14.6. The van der Waals surface area contributed by atoms with Gasteiger partial charge in [-0.25, -0.2) is 19.2 Å². The number of esters is 1. The summed E-state index contributed by atoms with van der Waals surface area (Å²) in [5, 5.41) is 3.29. The molecule has 0 aliphatic heterocycles. The second-order valence-corrected chi connectivity index (χ2v) is 10.5. The molecule has 0 bridgehead atoms. The highest BCUT2D eigenvalue weighted by atomic mass is 19.1. The molecule has 2 heterocycles. The summed E-state index contributed by atoms with van der Waals surface area (Å²) in [5.74, 6) is -0.615. The molecule has 242 valence electrons. The highest BCUT2D eigenvalue weighted by Crippen LogP contribution is 2.26. The summed E-state index contributed by atoms with van der Waals surface area (Å²) < 4.78 is 26.6. The first-order valence-electron chi connectivity index (χ1n) is 15.0. The Balaban J connectivity index is 1.55. The molecule has 4 rings (SSSR count). The predicted octanol–water partition coefficient (Wildman–Crippen LogP) is 5.52. The van der Waals surface area contributed by atoms with E-state index in [0.717, 1.165) is 11.9 Å². The van der Waals surface area contributed by atoms with Crippen LogP contribution in [-0.2, 0) is 21.3 Å². The van der Waals surface area contributed by atoms with Crippen LogP contribution < -0.4 is 16.0 Å². The van der Waals surface area contributed by atoms with Crippen LogP contribution in [-0.4, -0.2) is 58.1 Å². The molecule has 1 unspecified atom stereocenters. The van der Waals surface area contributed by atoms with Crippen LogP contribution in [0.5, 0.6) is 0 Å². The molecule has 0 saturated carbocycles. The SMILES string of the molecule is CCCCOC(=O)/N=C(\N)c1cc(NC(C)c2nc3cc(C(=O)N(CCC(=O)OCC)c4ccccn4)ccc3n2C)ccc1F. The summed E-state index contributed by atoms with van der Waals surface area (Å²) >= 11 is 0. The number of aromatic nitrogens is 3. The number of ether oxygens (including phenoxy) is 2. The third-order valence-electron chi connectivity index (χ3n) is 7.13. The lowest BCUT2D eigenvalue weighted by Crippen LogP contribution is -2.34. The molecule has 0 spiro atoms. The maximum Gasteiger partial charge on any atom is 0.435 e. The topological polar surface area (TPSA) is 154 Å². The number of hydrogen-bond acceptors (Lipinski definition) is 8. The Morgan fingerprint density at radius 2 is 1.91 bits per heavy atom. The van der Waals surface area contributed by atoms with Gasteiger partial charge < -0.3 is 25.1 Å². The van der Waals surface area contributed by atoms with Crippen LogP contribution in [0.15, 0.2) is 65.8 Å². The van der Waals surface area contributed by atoms with Gasteiger partial charge in [0.15, 0.2) is 0 Å². The van der Waals surface area contributed by atoms with Crippen LogP contribution in [0.2, 0.25) is 0 Å². The van der Waals surface area contributed by atoms with E-state index in [2.05, 4.69) is 15.3 Å². The van der Waals surface area contributed by atoms with Crippen molar-refractivity contribution in [2.75, 3.05) is 30.0 Å². The van der Waals surface area contributed by atoms with E-state index in [1.54, 1.807) is 55.6 Å². The number of amidine groups is 1. The van der Waals surface area contributed by atoms with Crippen LogP contribution in [0, 0.1) is 5.82 Å². The van der Waals surface area contributed by atoms with Crippen LogP contribution in [0.25, 0.3) is 11.0 Å². The van der Waals surface area contributed by atoms with Crippen LogP contribution in [0.4, 0.5) is 20.7 Å². The molecule has 3 N–H and O–H groups in total. The van der Waals surface area contributed by atoms with E-state index in [1.807, 2.05) is 25.5 Å². The lowest BCUT2D eigenvalue weighted by Gasteiger charge is -2.21. The van der Waals surface area contributed by atoms with Gasteiger partial charge in [0.1, 0.15) is 23.3 Å². The third-order valence-corrected chi connectivity index (χ3v) is 7.13. The molecule has 0 fully saturated rings. The molecule has 13 heteroatoms. The number of amides is 2. The molecule has 2 amide bonds. The summed E-state index contributed by atoms with van der Waals surface area (Å²) in [4.78, 5) is 51.9. The van der Waals surface area contributed by atoms with E-state index in [4.69, 9.17) is 20.2 Å². The third kappa shape index (κ3) is 8.23. The van der Waals surface area contributed by atoms with E-state index < -0.39 is 17.9 Å². The average molecular weight is 632 g/mol. The first-order chi connectivity index (χ1) is 22.1. The van der Waals surface area contributed by atoms with Crippen molar-refractivity contribution in [1.29, 1.82) is 0 Å². The summed E-state index contributed by atoms with van der Waals surface area (Å²) in [6, 6.07) is 14.3. The van der Waals surface area contributed by atoms with Gasteiger partial charge in [0.25, 0.3) is 5.91 Å². The fourth-order valence-corrected chi connectivity index (χ4v) is 4.78. The molecule has 2 aromatic carbocycles. The zero-order valence-corrected chi connectivity index (χ0v) is 26.3. The number of benzene rings is 2. The van der Waals surface area contributed by atoms with Gasteiger partial charge in [-0.2, -0.15) is 4.99 Å². The fraction of sp³-hybridized carbons (Fsp3) is 0.333. The Morgan fingerprint density at radius 3 is 2.63 bits per heavy atom.